The van der Waals surface area contributed by atoms with Crippen molar-refractivity contribution in [2.24, 2.45) is 11.7 Å². The molecule has 0 saturated heterocycles. The van der Waals surface area contributed by atoms with Crippen LogP contribution >= 0.6 is 0 Å². The van der Waals surface area contributed by atoms with Crippen LogP contribution in [0.2, 0.25) is 0 Å². The Balaban J connectivity index is 1.82. The molecule has 1 saturated carbocycles. The normalized spacial score (nSPS) is 16.6. The summed E-state index contributed by atoms with van der Waals surface area (Å²) in [6, 6.07) is 6.26. The Hall–Kier alpha value is -2.63. The molecule has 0 unspecified atom stereocenters. The van der Waals surface area contributed by atoms with Crippen LogP contribution in [0.15, 0.2) is 35.3 Å². The minimum atomic E-state index is -0.726. The Morgan fingerprint density at radius 2 is 1.85 bits per heavy atom. The standard InChI is InChI=1S/C21H27N3O3/c1-14(20(22)26)24-12-11-16-17(21(24)27)9-6-10-18(16)23-19(25)13-15-7-4-2-3-5-8-15/h6,9-12,14-15H,2-5,7-8,13H2,1H3,(H2,22,26)(H,23,25)/t14-/m0/s1. The van der Waals surface area contributed by atoms with Crippen molar-refractivity contribution < 1.29 is 9.59 Å². The third-order valence-electron chi connectivity index (χ3n) is 5.52. The number of benzene rings is 1. The second-order valence-electron chi connectivity index (χ2n) is 7.48. The lowest BCUT2D eigenvalue weighted by atomic mass is 9.96. The molecule has 1 atom stereocenters. The van der Waals surface area contributed by atoms with Gasteiger partial charge in [0.2, 0.25) is 11.8 Å². The topological polar surface area (TPSA) is 94.2 Å². The fraction of sp³-hybridized carbons (Fsp3) is 0.476. The molecule has 0 radical (unpaired) electrons. The highest BCUT2D eigenvalue weighted by atomic mass is 16.2. The van der Waals surface area contributed by atoms with Gasteiger partial charge in [0, 0.05) is 29.1 Å². The van der Waals surface area contributed by atoms with Crippen LogP contribution in [0.1, 0.15) is 57.9 Å². The van der Waals surface area contributed by atoms with Gasteiger partial charge in [-0.2, -0.15) is 0 Å². The van der Waals surface area contributed by atoms with Crippen molar-refractivity contribution in [3.05, 3.63) is 40.8 Å². The van der Waals surface area contributed by atoms with E-state index in [1.807, 2.05) is 0 Å². The Morgan fingerprint density at radius 1 is 1.15 bits per heavy atom. The molecule has 6 heteroatoms. The van der Waals surface area contributed by atoms with Crippen LogP contribution in [-0.4, -0.2) is 16.4 Å². The van der Waals surface area contributed by atoms with Crippen LogP contribution in [-0.2, 0) is 9.59 Å². The van der Waals surface area contributed by atoms with E-state index in [-0.39, 0.29) is 11.5 Å². The average molecular weight is 369 g/mol. The largest absolute Gasteiger partial charge is 0.368 e. The Morgan fingerprint density at radius 3 is 2.52 bits per heavy atom. The molecule has 1 aliphatic carbocycles. The van der Waals surface area contributed by atoms with Gasteiger partial charge in [-0.05, 0) is 43.9 Å². The molecule has 2 amide bonds. The van der Waals surface area contributed by atoms with Gasteiger partial charge in [-0.25, -0.2) is 0 Å². The van der Waals surface area contributed by atoms with Gasteiger partial charge in [-0.3, -0.25) is 14.4 Å². The summed E-state index contributed by atoms with van der Waals surface area (Å²) in [5.41, 5.74) is 5.66. The zero-order valence-corrected chi connectivity index (χ0v) is 15.7. The number of nitrogens with zero attached hydrogens (tertiary/aromatic N) is 1. The molecule has 6 nitrogen and oxygen atoms in total. The number of amides is 2. The first kappa shape index (κ1) is 19.1. The second kappa shape index (κ2) is 8.37. The fourth-order valence-corrected chi connectivity index (χ4v) is 3.88. The molecule has 2 aromatic rings. The molecule has 144 valence electrons. The summed E-state index contributed by atoms with van der Waals surface area (Å²) < 4.78 is 1.32. The molecular weight excluding hydrogens is 342 g/mol. The number of carbonyl (C=O) groups is 2. The van der Waals surface area contributed by atoms with E-state index in [0.717, 1.165) is 12.8 Å². The Labute approximate surface area is 158 Å². The summed E-state index contributed by atoms with van der Waals surface area (Å²) in [6.07, 6.45) is 9.22. The summed E-state index contributed by atoms with van der Waals surface area (Å²) in [6.45, 7) is 1.59. The molecule has 0 bridgehead atoms. The smallest absolute Gasteiger partial charge is 0.259 e. The number of anilines is 1. The number of fused-ring (bicyclic) bond motifs is 1. The quantitative estimate of drug-likeness (QED) is 0.791. The highest BCUT2D eigenvalue weighted by Crippen LogP contribution is 2.27. The molecular formula is C21H27N3O3. The molecule has 1 heterocycles. The molecule has 1 aromatic heterocycles. The first-order chi connectivity index (χ1) is 13.0. The molecule has 3 N–H and O–H groups in total. The van der Waals surface area contributed by atoms with Crippen LogP contribution in [0.3, 0.4) is 0 Å². The van der Waals surface area contributed by atoms with Crippen molar-refractivity contribution in [2.45, 2.75) is 57.9 Å². The lowest BCUT2D eigenvalue weighted by Crippen LogP contribution is -2.31. The van der Waals surface area contributed by atoms with E-state index in [1.54, 1.807) is 37.4 Å². The highest BCUT2D eigenvalue weighted by Gasteiger charge is 2.18. The first-order valence-electron chi connectivity index (χ1n) is 9.70. The van der Waals surface area contributed by atoms with Crippen molar-refractivity contribution in [1.82, 2.24) is 4.57 Å². The third-order valence-corrected chi connectivity index (χ3v) is 5.52. The highest BCUT2D eigenvalue weighted by molar-refractivity contribution is 6.01. The van der Waals surface area contributed by atoms with E-state index in [1.165, 1.54) is 30.3 Å². The molecule has 1 fully saturated rings. The van der Waals surface area contributed by atoms with E-state index in [2.05, 4.69) is 5.32 Å². The van der Waals surface area contributed by atoms with Crippen molar-refractivity contribution in [3.8, 4) is 0 Å². The molecule has 1 aromatic carbocycles. The zero-order chi connectivity index (χ0) is 19.4. The van der Waals surface area contributed by atoms with Crippen molar-refractivity contribution in [1.29, 1.82) is 0 Å². The van der Waals surface area contributed by atoms with Crippen LogP contribution in [0, 0.1) is 5.92 Å². The van der Waals surface area contributed by atoms with Crippen molar-refractivity contribution in [3.63, 3.8) is 0 Å². The molecule has 3 rings (SSSR count). The summed E-state index contributed by atoms with van der Waals surface area (Å²) in [5.74, 6) is -0.135. The number of primary amides is 1. The van der Waals surface area contributed by atoms with Gasteiger partial charge >= 0.3 is 0 Å². The van der Waals surface area contributed by atoms with Gasteiger partial charge in [0.15, 0.2) is 0 Å². The molecule has 0 spiro atoms. The molecule has 1 aliphatic rings. The number of aromatic nitrogens is 1. The summed E-state index contributed by atoms with van der Waals surface area (Å²) in [4.78, 5) is 36.7. The maximum absolute atomic E-state index is 12.7. The monoisotopic (exact) mass is 369 g/mol. The van der Waals surface area contributed by atoms with Crippen LogP contribution in [0.5, 0.6) is 0 Å². The fourth-order valence-electron chi connectivity index (χ4n) is 3.88. The first-order valence-corrected chi connectivity index (χ1v) is 9.70. The van der Waals surface area contributed by atoms with Gasteiger partial charge in [-0.15, -0.1) is 0 Å². The second-order valence-corrected chi connectivity index (χ2v) is 7.48. The minimum Gasteiger partial charge on any atom is -0.368 e. The van der Waals surface area contributed by atoms with Crippen molar-refractivity contribution in [2.75, 3.05) is 5.32 Å². The van der Waals surface area contributed by atoms with E-state index in [0.29, 0.717) is 28.8 Å². The number of nitrogens with two attached hydrogens (primary N) is 1. The Kier molecular flexibility index (Phi) is 5.94. The number of hydrogen-bond acceptors (Lipinski definition) is 3. The van der Waals surface area contributed by atoms with Crippen LogP contribution in [0.4, 0.5) is 5.69 Å². The molecule has 27 heavy (non-hydrogen) atoms. The predicted octanol–water partition coefficient (Wildman–Crippen LogP) is 3.35. The van der Waals surface area contributed by atoms with Crippen LogP contribution < -0.4 is 16.6 Å². The van der Waals surface area contributed by atoms with E-state index in [9.17, 15) is 14.4 Å². The van der Waals surface area contributed by atoms with E-state index >= 15 is 0 Å². The van der Waals surface area contributed by atoms with Crippen LogP contribution in [0.25, 0.3) is 10.8 Å². The number of carbonyl (C=O) groups excluding carboxylic acids is 2. The summed E-state index contributed by atoms with van der Waals surface area (Å²) >= 11 is 0. The van der Waals surface area contributed by atoms with E-state index < -0.39 is 11.9 Å². The van der Waals surface area contributed by atoms with Gasteiger partial charge in [0.25, 0.3) is 5.56 Å². The summed E-state index contributed by atoms with van der Waals surface area (Å²) in [5, 5.41) is 4.10. The third kappa shape index (κ3) is 4.38. The maximum Gasteiger partial charge on any atom is 0.259 e. The number of nitrogens with one attached hydrogen (secondary N) is 1. The van der Waals surface area contributed by atoms with E-state index in [4.69, 9.17) is 5.73 Å². The lowest BCUT2D eigenvalue weighted by Gasteiger charge is -2.16. The lowest BCUT2D eigenvalue weighted by molar-refractivity contribution is -0.120. The average Bonchev–Trinajstić information content (AvgIpc) is 2.90. The van der Waals surface area contributed by atoms with Gasteiger partial charge in [0.05, 0.1) is 0 Å². The zero-order valence-electron chi connectivity index (χ0n) is 15.7. The predicted molar refractivity (Wildman–Crippen MR) is 107 cm³/mol. The SMILES string of the molecule is C[C@@H](C(N)=O)n1ccc2c(NC(=O)CC3CCCCCC3)cccc2c1=O. The van der Waals surface area contributed by atoms with Gasteiger partial charge < -0.3 is 15.6 Å². The number of pyridine rings is 1. The molecule has 0 aliphatic heterocycles. The number of hydrogen-bond donors (Lipinski definition) is 2. The Bertz CT molecular complexity index is 895. The number of rotatable bonds is 5. The minimum absolute atomic E-state index is 0.0101. The van der Waals surface area contributed by atoms with Crippen molar-refractivity contribution >= 4 is 28.3 Å². The summed E-state index contributed by atoms with van der Waals surface area (Å²) in [7, 11) is 0. The van der Waals surface area contributed by atoms with Gasteiger partial charge in [-0.1, -0.05) is 31.7 Å². The maximum atomic E-state index is 12.7. The van der Waals surface area contributed by atoms with Gasteiger partial charge in [0.1, 0.15) is 6.04 Å².